The van der Waals surface area contributed by atoms with Gasteiger partial charge in [-0.3, -0.25) is 0 Å². The lowest BCUT2D eigenvalue weighted by Gasteiger charge is -2.32. The number of hydrogen-bond acceptors (Lipinski definition) is 2. The van der Waals surface area contributed by atoms with Crippen molar-refractivity contribution in [3.8, 4) is 0 Å². The Labute approximate surface area is 125 Å². The molecule has 1 nitrogen and oxygen atoms in total. The van der Waals surface area contributed by atoms with Crippen molar-refractivity contribution in [1.29, 1.82) is 0 Å². The van der Waals surface area contributed by atoms with Crippen LogP contribution in [0.15, 0.2) is 53.4 Å². The predicted octanol–water partition coefficient (Wildman–Crippen LogP) is 4.14. The van der Waals surface area contributed by atoms with Crippen molar-refractivity contribution in [2.75, 3.05) is 5.75 Å². The number of rotatable bonds is 5. The molecule has 1 aliphatic carbocycles. The Kier molecular flexibility index (Phi) is 4.13. The largest absolute Gasteiger partial charge is 0.327 e. The van der Waals surface area contributed by atoms with E-state index in [9.17, 15) is 0 Å². The highest BCUT2D eigenvalue weighted by Crippen LogP contribution is 2.38. The molecule has 0 heterocycles. The van der Waals surface area contributed by atoms with Crippen LogP contribution in [-0.4, -0.2) is 11.8 Å². The maximum absolute atomic E-state index is 6.32. The third-order valence-corrected chi connectivity index (χ3v) is 5.46. The average Bonchev–Trinajstić information content (AvgIpc) is 2.44. The molecule has 3 rings (SSSR count). The Bertz CT molecular complexity index is 593. The highest BCUT2D eigenvalue weighted by molar-refractivity contribution is 7.99. The van der Waals surface area contributed by atoms with Gasteiger partial charge in [-0.05, 0) is 48.4 Å². The van der Waals surface area contributed by atoms with Gasteiger partial charge in [-0.1, -0.05) is 42.5 Å². The van der Waals surface area contributed by atoms with Crippen LogP contribution in [0.1, 0.15) is 29.0 Å². The van der Waals surface area contributed by atoms with Gasteiger partial charge in [0.2, 0.25) is 0 Å². The van der Waals surface area contributed by atoms with Gasteiger partial charge in [0.15, 0.2) is 0 Å². The van der Waals surface area contributed by atoms with Crippen LogP contribution in [0, 0.1) is 6.92 Å². The summed E-state index contributed by atoms with van der Waals surface area (Å²) in [4.78, 5) is 1.36. The summed E-state index contributed by atoms with van der Waals surface area (Å²) < 4.78 is 0. The van der Waals surface area contributed by atoms with Crippen molar-refractivity contribution in [2.24, 2.45) is 5.73 Å². The van der Waals surface area contributed by atoms with E-state index in [2.05, 4.69) is 55.5 Å². The van der Waals surface area contributed by atoms with Crippen molar-refractivity contribution >= 4 is 11.8 Å². The topological polar surface area (TPSA) is 26.0 Å². The van der Waals surface area contributed by atoms with Crippen molar-refractivity contribution in [3.63, 3.8) is 0 Å². The molecule has 2 heteroatoms. The molecule has 2 N–H and O–H groups in total. The Morgan fingerprint density at radius 3 is 2.70 bits per heavy atom. The number of fused-ring (bicyclic) bond motifs is 1. The van der Waals surface area contributed by atoms with Crippen LogP contribution in [0.3, 0.4) is 0 Å². The van der Waals surface area contributed by atoms with Gasteiger partial charge in [0.1, 0.15) is 0 Å². The first-order valence-corrected chi connectivity index (χ1v) is 8.24. The second-order valence-electron chi connectivity index (χ2n) is 5.67. The fourth-order valence-corrected chi connectivity index (χ4v) is 3.92. The van der Waals surface area contributed by atoms with Crippen LogP contribution >= 0.6 is 11.8 Å². The molecule has 0 bridgehead atoms. The molecule has 20 heavy (non-hydrogen) atoms. The minimum atomic E-state index is 0.276. The summed E-state index contributed by atoms with van der Waals surface area (Å²) in [5, 5.41) is 0. The van der Waals surface area contributed by atoms with Crippen LogP contribution in [0.25, 0.3) is 0 Å². The zero-order valence-electron chi connectivity index (χ0n) is 11.9. The molecule has 0 radical (unpaired) electrons. The molecule has 1 aliphatic rings. The minimum Gasteiger partial charge on any atom is -0.327 e. The van der Waals surface area contributed by atoms with Crippen molar-refractivity contribution < 1.29 is 0 Å². The number of hydrogen-bond donors (Lipinski definition) is 1. The first-order valence-electron chi connectivity index (χ1n) is 7.26. The van der Waals surface area contributed by atoms with Crippen LogP contribution in [-0.2, 0) is 6.42 Å². The van der Waals surface area contributed by atoms with E-state index < -0.39 is 0 Å². The molecule has 0 amide bonds. The molecule has 2 unspecified atom stereocenters. The van der Waals surface area contributed by atoms with E-state index in [4.69, 9.17) is 5.73 Å². The zero-order valence-corrected chi connectivity index (χ0v) is 12.7. The second-order valence-corrected chi connectivity index (χ2v) is 6.73. The van der Waals surface area contributed by atoms with Gasteiger partial charge < -0.3 is 5.73 Å². The monoisotopic (exact) mass is 283 g/mol. The van der Waals surface area contributed by atoms with Gasteiger partial charge in [-0.2, -0.15) is 0 Å². The number of thioether (sulfide) groups is 1. The molecule has 0 spiro atoms. The fraction of sp³-hybridized carbons (Fsp3) is 0.333. The predicted molar refractivity (Wildman–Crippen MR) is 87.4 cm³/mol. The van der Waals surface area contributed by atoms with E-state index in [0.29, 0.717) is 5.92 Å². The van der Waals surface area contributed by atoms with Gasteiger partial charge in [-0.25, -0.2) is 0 Å². The molecule has 0 saturated carbocycles. The third kappa shape index (κ3) is 2.92. The van der Waals surface area contributed by atoms with E-state index in [1.165, 1.54) is 28.0 Å². The summed E-state index contributed by atoms with van der Waals surface area (Å²) in [5.41, 5.74) is 10.7. The Hall–Kier alpha value is -1.25. The lowest BCUT2D eigenvalue weighted by molar-refractivity contribution is 0.510. The molecule has 0 saturated heterocycles. The Morgan fingerprint density at radius 1 is 1.15 bits per heavy atom. The SMILES string of the molecule is Cc1ccccc1SCC(N)CC1Cc2ccccc21. The number of nitrogens with two attached hydrogens (primary N) is 1. The van der Waals surface area contributed by atoms with Gasteiger partial charge in [0.05, 0.1) is 0 Å². The minimum absolute atomic E-state index is 0.276. The zero-order chi connectivity index (χ0) is 13.9. The maximum Gasteiger partial charge on any atom is 0.0139 e. The van der Waals surface area contributed by atoms with Crippen molar-refractivity contribution in [2.45, 2.75) is 36.6 Å². The molecule has 104 valence electrons. The summed E-state index contributed by atoms with van der Waals surface area (Å²) in [6, 6.07) is 17.6. The van der Waals surface area contributed by atoms with Gasteiger partial charge in [0.25, 0.3) is 0 Å². The van der Waals surface area contributed by atoms with Gasteiger partial charge >= 0.3 is 0 Å². The number of aryl methyl sites for hydroxylation is 1. The highest BCUT2D eigenvalue weighted by Gasteiger charge is 2.26. The average molecular weight is 283 g/mol. The lowest BCUT2D eigenvalue weighted by Crippen LogP contribution is -2.29. The highest BCUT2D eigenvalue weighted by atomic mass is 32.2. The third-order valence-electron chi connectivity index (χ3n) is 4.10. The molecular formula is C18H21NS. The van der Waals surface area contributed by atoms with Crippen LogP contribution in [0.2, 0.25) is 0 Å². The standard InChI is InChI=1S/C18H21NS/c1-13-6-2-5-9-18(13)20-12-16(19)11-15-10-14-7-3-4-8-17(14)15/h2-9,15-16H,10-12,19H2,1H3. The van der Waals surface area contributed by atoms with E-state index >= 15 is 0 Å². The Morgan fingerprint density at radius 2 is 1.90 bits per heavy atom. The molecule has 2 aromatic carbocycles. The summed E-state index contributed by atoms with van der Waals surface area (Å²) >= 11 is 1.89. The van der Waals surface area contributed by atoms with Crippen molar-refractivity contribution in [3.05, 3.63) is 65.2 Å². The van der Waals surface area contributed by atoms with Gasteiger partial charge in [-0.15, -0.1) is 11.8 Å². The van der Waals surface area contributed by atoms with Crippen LogP contribution in [0.4, 0.5) is 0 Å². The first kappa shape index (κ1) is 13.7. The molecule has 2 atom stereocenters. The van der Waals surface area contributed by atoms with Crippen LogP contribution < -0.4 is 5.73 Å². The lowest BCUT2D eigenvalue weighted by atomic mass is 9.75. The van der Waals surface area contributed by atoms with E-state index in [-0.39, 0.29) is 6.04 Å². The van der Waals surface area contributed by atoms with Gasteiger partial charge in [0, 0.05) is 16.7 Å². The second kappa shape index (κ2) is 6.02. The molecule has 0 aliphatic heterocycles. The van der Waals surface area contributed by atoms with E-state index in [1.54, 1.807) is 0 Å². The molecular weight excluding hydrogens is 262 g/mol. The first-order chi connectivity index (χ1) is 9.74. The number of benzene rings is 2. The fourth-order valence-electron chi connectivity index (χ4n) is 2.92. The molecule has 0 aromatic heterocycles. The van der Waals surface area contributed by atoms with Crippen LogP contribution in [0.5, 0.6) is 0 Å². The quantitative estimate of drug-likeness (QED) is 0.834. The smallest absolute Gasteiger partial charge is 0.0139 e. The Balaban J connectivity index is 1.52. The summed E-state index contributed by atoms with van der Waals surface area (Å²) in [6.07, 6.45) is 2.31. The van der Waals surface area contributed by atoms with E-state index in [1.807, 2.05) is 11.8 Å². The summed E-state index contributed by atoms with van der Waals surface area (Å²) in [5.74, 6) is 1.68. The van der Waals surface area contributed by atoms with E-state index in [0.717, 1.165) is 12.2 Å². The maximum atomic E-state index is 6.32. The van der Waals surface area contributed by atoms with Crippen molar-refractivity contribution in [1.82, 2.24) is 0 Å². The molecule has 0 fully saturated rings. The summed E-state index contributed by atoms with van der Waals surface area (Å²) in [6.45, 7) is 2.16. The normalized spacial score (nSPS) is 18.2. The summed E-state index contributed by atoms with van der Waals surface area (Å²) in [7, 11) is 0. The molecule has 2 aromatic rings.